The number of benzene rings is 3. The van der Waals surface area contributed by atoms with Crippen LogP contribution in [0.3, 0.4) is 0 Å². The zero-order valence-corrected chi connectivity index (χ0v) is 21.4. The van der Waals surface area contributed by atoms with E-state index in [1.54, 1.807) is 0 Å². The van der Waals surface area contributed by atoms with Gasteiger partial charge in [-0.1, -0.05) is 78.0 Å². The number of likely N-dealkylation sites (tertiary alicyclic amines) is 1. The molecule has 0 unspecified atom stereocenters. The van der Waals surface area contributed by atoms with Crippen molar-refractivity contribution >= 4 is 5.91 Å². The number of amides is 1. The molecule has 3 aromatic carbocycles. The number of carbonyl (C=O) groups is 1. The fourth-order valence-electron chi connectivity index (χ4n) is 5.00. The zero-order valence-electron chi connectivity index (χ0n) is 21.4. The lowest BCUT2D eigenvalue weighted by molar-refractivity contribution is -0.133. The van der Waals surface area contributed by atoms with Crippen LogP contribution < -0.4 is 4.74 Å². The lowest BCUT2D eigenvalue weighted by atomic mass is 9.89. The minimum absolute atomic E-state index is 0.00487. The summed E-state index contributed by atoms with van der Waals surface area (Å²) in [6.07, 6.45) is 0.386. The Morgan fingerprint density at radius 3 is 2.34 bits per heavy atom. The molecule has 9 nitrogen and oxygen atoms in total. The summed E-state index contributed by atoms with van der Waals surface area (Å²) in [5, 5.41) is 24.0. The highest BCUT2D eigenvalue weighted by molar-refractivity contribution is 5.87. The molecule has 5 rings (SSSR count). The Hall–Kier alpha value is -4.08. The topological polar surface area (TPSA) is 107 Å². The quantitative estimate of drug-likeness (QED) is 0.336. The highest BCUT2D eigenvalue weighted by atomic mass is 16.5. The van der Waals surface area contributed by atoms with Crippen molar-refractivity contribution < 1.29 is 14.6 Å². The number of hydrogen-bond acceptors (Lipinski definition) is 7. The minimum Gasteiger partial charge on any atom is -0.485 e. The number of likely N-dealkylation sites (N-methyl/N-ethyl adjacent to an activating group) is 1. The number of nitrogens with zero attached hydrogens (tertiary/aromatic N) is 5. The Bertz CT molecular complexity index is 1260. The van der Waals surface area contributed by atoms with Gasteiger partial charge in [0.15, 0.2) is 6.61 Å². The predicted octanol–water partition coefficient (Wildman–Crippen LogP) is 3.18. The average molecular weight is 513 g/mol. The third kappa shape index (κ3) is 6.07. The number of nitrogens with one attached hydrogen (secondary N) is 1. The van der Waals surface area contributed by atoms with Crippen LogP contribution in [-0.4, -0.2) is 74.2 Å². The summed E-state index contributed by atoms with van der Waals surface area (Å²) in [4.78, 5) is 18.3. The summed E-state index contributed by atoms with van der Waals surface area (Å²) in [5.74, 6) is 0.679. The molecule has 0 spiro atoms. The Morgan fingerprint density at radius 1 is 1.05 bits per heavy atom. The van der Waals surface area contributed by atoms with E-state index in [1.807, 2.05) is 96.9 Å². The number of aliphatic hydroxyl groups is 1. The average Bonchev–Trinajstić information content (AvgIpc) is 3.63. The molecule has 1 aliphatic rings. The predicted molar refractivity (Wildman–Crippen MR) is 142 cm³/mol. The normalized spacial score (nSPS) is 16.4. The molecule has 1 saturated heterocycles. The molecule has 0 radical (unpaired) electrons. The number of H-pyrrole nitrogens is 1. The van der Waals surface area contributed by atoms with Gasteiger partial charge in [0.1, 0.15) is 5.75 Å². The number of tetrazole rings is 1. The highest BCUT2D eigenvalue weighted by Crippen LogP contribution is 2.32. The van der Waals surface area contributed by atoms with Gasteiger partial charge in [-0.05, 0) is 35.2 Å². The van der Waals surface area contributed by atoms with Crippen molar-refractivity contribution in [3.05, 3.63) is 107 Å². The van der Waals surface area contributed by atoms with E-state index >= 15 is 0 Å². The molecule has 2 heterocycles. The fraction of sp³-hybridized carbons (Fsp3) is 0.310. The second-order valence-corrected chi connectivity index (χ2v) is 9.61. The Balaban J connectivity index is 1.45. The van der Waals surface area contributed by atoms with Crippen LogP contribution in [0.4, 0.5) is 0 Å². The van der Waals surface area contributed by atoms with Crippen molar-refractivity contribution in [1.82, 2.24) is 30.4 Å². The van der Waals surface area contributed by atoms with Gasteiger partial charge in [-0.15, -0.1) is 10.2 Å². The van der Waals surface area contributed by atoms with Gasteiger partial charge in [0.2, 0.25) is 11.7 Å². The number of carbonyl (C=O) groups excluding carboxylic acids is 1. The first-order valence-electron chi connectivity index (χ1n) is 12.8. The summed E-state index contributed by atoms with van der Waals surface area (Å²) < 4.78 is 5.91. The van der Waals surface area contributed by atoms with Crippen LogP contribution in [0.5, 0.6) is 5.75 Å². The standard InChI is InChI=1S/C29H32N6O3/c1-34(29(37)28(21-9-4-2-5-10-21)22-11-6-3-7-12-22)26(19-35-16-15-24(36)18-35)23-13-8-14-25(17-23)38-20-27-30-32-33-31-27/h2-14,17,24,26,28,36H,15-16,18-20H2,1H3,(H,30,31,32,33)/t24-,26-/m1/s1. The van der Waals surface area contributed by atoms with E-state index in [4.69, 9.17) is 4.74 Å². The second-order valence-electron chi connectivity index (χ2n) is 9.61. The van der Waals surface area contributed by atoms with Crippen molar-refractivity contribution in [2.45, 2.75) is 31.1 Å². The van der Waals surface area contributed by atoms with Crippen LogP contribution in [0.2, 0.25) is 0 Å². The lowest BCUT2D eigenvalue weighted by Crippen LogP contribution is -2.41. The van der Waals surface area contributed by atoms with E-state index in [-0.39, 0.29) is 24.7 Å². The lowest BCUT2D eigenvalue weighted by Gasteiger charge is -2.34. The van der Waals surface area contributed by atoms with E-state index < -0.39 is 5.92 Å². The van der Waals surface area contributed by atoms with Crippen molar-refractivity contribution in [2.75, 3.05) is 26.7 Å². The number of aromatic amines is 1. The summed E-state index contributed by atoms with van der Waals surface area (Å²) >= 11 is 0. The number of β-amino-alcohol motifs (C(OH)–C–C–N with tert-alkyl or cyclic N) is 1. The van der Waals surface area contributed by atoms with Crippen LogP contribution in [0.1, 0.15) is 40.9 Å². The molecule has 1 amide bonds. The van der Waals surface area contributed by atoms with Gasteiger partial charge in [-0.2, -0.15) is 5.21 Å². The van der Waals surface area contributed by atoms with Crippen LogP contribution in [0.15, 0.2) is 84.9 Å². The SMILES string of the molecule is CN(C(=O)C(c1ccccc1)c1ccccc1)[C@H](CN1CC[C@@H](O)C1)c1cccc(OCc2nn[nH]n2)c1. The number of hydrogen-bond donors (Lipinski definition) is 2. The van der Waals surface area contributed by atoms with Gasteiger partial charge in [0.05, 0.1) is 18.1 Å². The van der Waals surface area contributed by atoms with E-state index in [9.17, 15) is 9.90 Å². The molecule has 0 saturated carbocycles. The maximum atomic E-state index is 14.3. The summed E-state index contributed by atoms with van der Waals surface area (Å²) in [6.45, 7) is 2.16. The van der Waals surface area contributed by atoms with Crippen molar-refractivity contribution in [1.29, 1.82) is 0 Å². The van der Waals surface area contributed by atoms with Crippen LogP contribution in [0.25, 0.3) is 0 Å². The molecule has 2 atom stereocenters. The van der Waals surface area contributed by atoms with Crippen molar-refractivity contribution in [3.63, 3.8) is 0 Å². The molecule has 1 aromatic heterocycles. The minimum atomic E-state index is -0.438. The molecule has 2 N–H and O–H groups in total. The first kappa shape index (κ1) is 25.6. The van der Waals surface area contributed by atoms with Crippen molar-refractivity contribution in [3.8, 4) is 5.75 Å². The molecular formula is C29H32N6O3. The Morgan fingerprint density at radius 2 is 1.74 bits per heavy atom. The van der Waals surface area contributed by atoms with Gasteiger partial charge in [-0.25, -0.2) is 0 Å². The van der Waals surface area contributed by atoms with Crippen LogP contribution in [-0.2, 0) is 11.4 Å². The number of rotatable bonds is 10. The van der Waals surface area contributed by atoms with Gasteiger partial charge < -0.3 is 14.7 Å². The summed E-state index contributed by atoms with van der Waals surface area (Å²) in [6, 6.07) is 27.3. The number of ether oxygens (including phenoxy) is 1. The number of aliphatic hydroxyl groups excluding tert-OH is 1. The largest absolute Gasteiger partial charge is 0.485 e. The smallest absolute Gasteiger partial charge is 0.234 e. The molecule has 4 aromatic rings. The van der Waals surface area contributed by atoms with Gasteiger partial charge in [0.25, 0.3) is 0 Å². The van der Waals surface area contributed by atoms with Crippen LogP contribution >= 0.6 is 0 Å². The monoisotopic (exact) mass is 512 g/mol. The van der Waals surface area contributed by atoms with Gasteiger partial charge in [-0.3, -0.25) is 9.69 Å². The fourth-order valence-corrected chi connectivity index (χ4v) is 5.00. The highest BCUT2D eigenvalue weighted by Gasteiger charge is 2.33. The zero-order chi connectivity index (χ0) is 26.3. The molecule has 0 bridgehead atoms. The molecule has 9 heteroatoms. The van der Waals surface area contributed by atoms with E-state index in [1.165, 1.54) is 0 Å². The van der Waals surface area contributed by atoms with Crippen molar-refractivity contribution in [2.24, 2.45) is 0 Å². The maximum Gasteiger partial charge on any atom is 0.234 e. The van der Waals surface area contributed by atoms with E-state index in [0.29, 0.717) is 24.7 Å². The Kier molecular flexibility index (Phi) is 8.06. The summed E-state index contributed by atoms with van der Waals surface area (Å²) in [7, 11) is 1.87. The third-order valence-electron chi connectivity index (χ3n) is 7.01. The first-order valence-corrected chi connectivity index (χ1v) is 12.8. The van der Waals surface area contributed by atoms with E-state index in [0.717, 1.165) is 29.7 Å². The van der Waals surface area contributed by atoms with E-state index in [2.05, 4.69) is 25.5 Å². The second kappa shape index (κ2) is 12.0. The molecule has 0 aliphatic carbocycles. The van der Waals surface area contributed by atoms with Crippen LogP contribution in [0, 0.1) is 0 Å². The maximum absolute atomic E-state index is 14.3. The van der Waals surface area contributed by atoms with Gasteiger partial charge in [0, 0.05) is 26.7 Å². The molecule has 38 heavy (non-hydrogen) atoms. The molecule has 1 aliphatic heterocycles. The number of aromatic nitrogens is 4. The van der Waals surface area contributed by atoms with Gasteiger partial charge >= 0.3 is 0 Å². The summed E-state index contributed by atoms with van der Waals surface area (Å²) in [5.41, 5.74) is 2.85. The molecule has 1 fully saturated rings. The molecular weight excluding hydrogens is 480 g/mol. The third-order valence-corrected chi connectivity index (χ3v) is 7.01. The Labute approximate surface area is 222 Å². The first-order chi connectivity index (χ1) is 18.6. The molecule has 196 valence electrons.